The van der Waals surface area contributed by atoms with Gasteiger partial charge >= 0.3 is 0 Å². The van der Waals surface area contributed by atoms with Crippen LogP contribution < -0.4 is 10.5 Å². The van der Waals surface area contributed by atoms with Crippen molar-refractivity contribution in [2.24, 2.45) is 0 Å². The molecule has 10 heteroatoms. The van der Waals surface area contributed by atoms with Gasteiger partial charge in [-0.15, -0.1) is 0 Å². The molecule has 1 aliphatic rings. The third-order valence-electron chi connectivity index (χ3n) is 6.06. The summed E-state index contributed by atoms with van der Waals surface area (Å²) in [4.78, 5) is 20.2. The molecule has 37 heavy (non-hydrogen) atoms. The Balaban J connectivity index is 0.000000747. The monoisotopic (exact) mass is 504 g/mol. The van der Waals surface area contributed by atoms with Crippen LogP contribution in [0.4, 0.5) is 5.82 Å². The number of carbonyl (C=O) groups is 1. The van der Waals surface area contributed by atoms with Gasteiger partial charge in [0.25, 0.3) is 5.97 Å². The first-order chi connectivity index (χ1) is 18.0. The number of carboxylic acid groups (broad SMARTS) is 1. The van der Waals surface area contributed by atoms with E-state index in [1.165, 1.54) is 6.33 Å². The van der Waals surface area contributed by atoms with Gasteiger partial charge in [0.2, 0.25) is 0 Å². The van der Waals surface area contributed by atoms with E-state index in [4.69, 9.17) is 30.2 Å². The molecule has 1 aliphatic heterocycles. The van der Waals surface area contributed by atoms with Gasteiger partial charge in [-0.25, -0.2) is 14.6 Å². The molecule has 3 N–H and O–H groups in total. The number of nitrogens with two attached hydrogens (primary N) is 1. The maximum absolute atomic E-state index is 9.00. The van der Waals surface area contributed by atoms with Crippen molar-refractivity contribution in [2.45, 2.75) is 25.8 Å². The van der Waals surface area contributed by atoms with Crippen LogP contribution in [0.5, 0.6) is 11.5 Å². The van der Waals surface area contributed by atoms with Gasteiger partial charge < -0.3 is 20.3 Å². The molecule has 0 amide bonds. The Kier molecular flexibility index (Phi) is 8.65. The topological polar surface area (TPSA) is 129 Å². The lowest BCUT2D eigenvalue weighted by molar-refractivity contribution is -0.134. The maximum Gasteiger partial charge on any atom is 0.300 e. The summed E-state index contributed by atoms with van der Waals surface area (Å²) in [6, 6.07) is 17.8. The second-order valence-corrected chi connectivity index (χ2v) is 8.80. The molecule has 4 aromatic rings. The van der Waals surface area contributed by atoms with E-state index >= 15 is 0 Å². The van der Waals surface area contributed by atoms with Gasteiger partial charge in [-0.05, 0) is 55.8 Å². The maximum atomic E-state index is 9.00. The minimum absolute atomic E-state index is 0.224. The Hall–Kier alpha value is -4.02. The summed E-state index contributed by atoms with van der Waals surface area (Å²) in [7, 11) is 1.74. The van der Waals surface area contributed by atoms with Crippen LogP contribution in [0.2, 0.25) is 0 Å². The van der Waals surface area contributed by atoms with Crippen molar-refractivity contribution < 1.29 is 19.4 Å². The fourth-order valence-electron chi connectivity index (χ4n) is 4.41. The summed E-state index contributed by atoms with van der Waals surface area (Å²) in [5.74, 6) is 1.17. The van der Waals surface area contributed by atoms with Crippen molar-refractivity contribution in [3.8, 4) is 22.8 Å². The van der Waals surface area contributed by atoms with Crippen molar-refractivity contribution in [3.63, 3.8) is 0 Å². The number of rotatable bonds is 7. The molecule has 0 aliphatic carbocycles. The van der Waals surface area contributed by atoms with E-state index in [1.54, 1.807) is 7.11 Å². The Morgan fingerprint density at radius 3 is 2.51 bits per heavy atom. The highest BCUT2D eigenvalue weighted by Gasteiger charge is 2.26. The molecular formula is C27H32N6O4. The average molecular weight is 505 g/mol. The molecule has 2 aromatic heterocycles. The largest absolute Gasteiger partial charge is 0.481 e. The molecule has 0 radical (unpaired) electrons. The lowest BCUT2D eigenvalue weighted by Gasteiger charge is -2.32. The number of methoxy groups -OCH3 is 1. The van der Waals surface area contributed by atoms with Crippen LogP contribution in [-0.4, -0.2) is 69.1 Å². The molecule has 5 rings (SSSR count). The van der Waals surface area contributed by atoms with Gasteiger partial charge in [0.05, 0.1) is 18.0 Å². The van der Waals surface area contributed by atoms with Crippen LogP contribution in [0, 0.1) is 0 Å². The highest BCUT2D eigenvalue weighted by atomic mass is 16.5. The third-order valence-corrected chi connectivity index (χ3v) is 6.06. The zero-order valence-electron chi connectivity index (χ0n) is 21.1. The molecule has 10 nitrogen and oxygen atoms in total. The first-order valence-electron chi connectivity index (χ1n) is 12.2. The number of para-hydroxylation sites is 1. The molecule has 0 bridgehead atoms. The second-order valence-electron chi connectivity index (χ2n) is 8.80. The smallest absolute Gasteiger partial charge is 0.300 e. The van der Waals surface area contributed by atoms with Crippen molar-refractivity contribution in [1.29, 1.82) is 0 Å². The molecule has 194 valence electrons. The molecule has 2 aromatic carbocycles. The van der Waals surface area contributed by atoms with Crippen LogP contribution in [0.25, 0.3) is 22.3 Å². The number of nitrogen functional groups attached to an aromatic ring is 1. The first-order valence-corrected chi connectivity index (χ1v) is 12.2. The number of aromatic nitrogens is 4. The highest BCUT2D eigenvalue weighted by molar-refractivity contribution is 5.98. The number of carboxylic acids is 1. The average Bonchev–Trinajstić information content (AvgIpc) is 3.29. The summed E-state index contributed by atoms with van der Waals surface area (Å²) in [5.41, 5.74) is 8.83. The number of ether oxygens (including phenoxy) is 2. The quantitative estimate of drug-likeness (QED) is 0.380. The van der Waals surface area contributed by atoms with Gasteiger partial charge in [-0.2, -0.15) is 5.10 Å². The molecule has 1 fully saturated rings. The van der Waals surface area contributed by atoms with Crippen LogP contribution in [-0.2, 0) is 9.53 Å². The van der Waals surface area contributed by atoms with Gasteiger partial charge in [0.15, 0.2) is 5.65 Å². The number of nitrogens with zero attached hydrogens (tertiary/aromatic N) is 5. The lowest BCUT2D eigenvalue weighted by Crippen LogP contribution is -2.38. The number of aliphatic carboxylic acids is 1. The summed E-state index contributed by atoms with van der Waals surface area (Å²) in [6.07, 6.45) is 3.67. The van der Waals surface area contributed by atoms with E-state index < -0.39 is 5.97 Å². The molecule has 0 spiro atoms. The van der Waals surface area contributed by atoms with E-state index in [0.29, 0.717) is 5.82 Å². The van der Waals surface area contributed by atoms with Gasteiger partial charge in [-0.3, -0.25) is 9.69 Å². The number of fused-ring (bicyclic) bond motifs is 1. The van der Waals surface area contributed by atoms with Gasteiger partial charge in [0, 0.05) is 32.7 Å². The fraction of sp³-hybridized carbons (Fsp3) is 0.333. The number of hydrogen-bond acceptors (Lipinski definition) is 8. The molecule has 1 saturated heterocycles. The Morgan fingerprint density at radius 1 is 1.11 bits per heavy atom. The third kappa shape index (κ3) is 6.60. The van der Waals surface area contributed by atoms with Gasteiger partial charge in [-0.1, -0.05) is 18.2 Å². The fourth-order valence-corrected chi connectivity index (χ4v) is 4.41. The SMILES string of the molecule is CC(=O)O.COCCN1CCCC(n2nc(-c3ccc(Oc4ccccc4)cc3)c3c(N)ncnc32)C1. The molecular weight excluding hydrogens is 472 g/mol. The zero-order chi connectivity index (χ0) is 26.2. The summed E-state index contributed by atoms with van der Waals surface area (Å²) in [5, 5.41) is 13.2. The van der Waals surface area contributed by atoms with E-state index in [1.807, 2.05) is 59.3 Å². The van der Waals surface area contributed by atoms with Crippen molar-refractivity contribution >= 4 is 22.8 Å². The van der Waals surface area contributed by atoms with E-state index in [2.05, 4.69) is 14.9 Å². The van der Waals surface area contributed by atoms with Crippen LogP contribution in [0.1, 0.15) is 25.8 Å². The Bertz CT molecular complexity index is 1310. The number of piperidine rings is 1. The van der Waals surface area contributed by atoms with Crippen molar-refractivity contribution in [2.75, 3.05) is 39.1 Å². The van der Waals surface area contributed by atoms with Crippen molar-refractivity contribution in [1.82, 2.24) is 24.6 Å². The molecule has 0 saturated carbocycles. The predicted molar refractivity (Wildman–Crippen MR) is 142 cm³/mol. The number of benzene rings is 2. The number of likely N-dealkylation sites (tertiary alicyclic amines) is 1. The van der Waals surface area contributed by atoms with Crippen LogP contribution in [0.15, 0.2) is 60.9 Å². The minimum atomic E-state index is -0.833. The predicted octanol–water partition coefficient (Wildman–Crippen LogP) is 4.24. The highest BCUT2D eigenvalue weighted by Crippen LogP contribution is 2.34. The lowest BCUT2D eigenvalue weighted by atomic mass is 10.1. The van der Waals surface area contributed by atoms with Crippen molar-refractivity contribution in [3.05, 3.63) is 60.9 Å². The normalized spacial score (nSPS) is 15.7. The zero-order valence-corrected chi connectivity index (χ0v) is 21.1. The van der Waals surface area contributed by atoms with Gasteiger partial charge in [0.1, 0.15) is 29.3 Å². The summed E-state index contributed by atoms with van der Waals surface area (Å²) >= 11 is 0. The van der Waals surface area contributed by atoms with E-state index in [9.17, 15) is 0 Å². The molecule has 1 unspecified atom stereocenters. The molecule has 1 atom stereocenters. The second kappa shape index (κ2) is 12.3. The number of anilines is 1. The molecule has 3 heterocycles. The van der Waals surface area contributed by atoms with E-state index in [-0.39, 0.29) is 6.04 Å². The number of hydrogen-bond donors (Lipinski definition) is 2. The Labute approximate surface area is 215 Å². The summed E-state index contributed by atoms with van der Waals surface area (Å²) in [6.45, 7) is 4.71. The summed E-state index contributed by atoms with van der Waals surface area (Å²) < 4.78 is 13.2. The first kappa shape index (κ1) is 26.1. The van der Waals surface area contributed by atoms with E-state index in [0.717, 1.165) is 79.8 Å². The Morgan fingerprint density at radius 2 is 1.81 bits per heavy atom. The van der Waals surface area contributed by atoms with Crippen LogP contribution >= 0.6 is 0 Å². The standard InChI is InChI=1S/C25H28N6O2.C2H4O2/c1-32-15-14-30-13-5-6-19(16-30)31-25-22(24(26)27-17-28-25)23(29-31)18-9-11-21(12-10-18)33-20-7-3-2-4-8-20;1-2(3)4/h2-4,7-12,17,19H,5-6,13-16H2,1H3,(H2,26,27,28);1H3,(H,3,4). The minimum Gasteiger partial charge on any atom is -0.481 e. The van der Waals surface area contributed by atoms with Crippen LogP contribution in [0.3, 0.4) is 0 Å².